The SMILES string of the molecule is COc1cc(C#N)c(CCl)c(CC(=O)O)c1. The highest BCUT2D eigenvalue weighted by Crippen LogP contribution is 2.24. The van der Waals surface area contributed by atoms with Gasteiger partial charge in [0, 0.05) is 5.88 Å². The maximum absolute atomic E-state index is 10.7. The zero-order valence-corrected chi connectivity index (χ0v) is 9.41. The molecule has 1 aromatic rings. The first kappa shape index (κ1) is 12.3. The number of hydrogen-bond acceptors (Lipinski definition) is 3. The second-order valence-electron chi connectivity index (χ2n) is 3.13. The Labute approximate surface area is 98.0 Å². The fraction of sp³-hybridized carbons (Fsp3) is 0.273. The second kappa shape index (κ2) is 5.38. The van der Waals surface area contributed by atoms with Crippen molar-refractivity contribution in [3.8, 4) is 11.8 Å². The summed E-state index contributed by atoms with van der Waals surface area (Å²) in [7, 11) is 1.46. The number of aliphatic carboxylic acids is 1. The van der Waals surface area contributed by atoms with Gasteiger partial charge in [-0.1, -0.05) is 0 Å². The Balaban J connectivity index is 3.32. The van der Waals surface area contributed by atoms with E-state index < -0.39 is 5.97 Å². The summed E-state index contributed by atoms with van der Waals surface area (Å²) in [6.45, 7) is 0. The number of halogens is 1. The number of benzene rings is 1. The van der Waals surface area contributed by atoms with E-state index in [2.05, 4.69) is 0 Å². The zero-order chi connectivity index (χ0) is 12.1. The summed E-state index contributed by atoms with van der Waals surface area (Å²) in [6, 6.07) is 5.11. The number of nitriles is 1. The van der Waals surface area contributed by atoms with E-state index in [9.17, 15) is 4.79 Å². The minimum atomic E-state index is -0.969. The van der Waals surface area contributed by atoms with Crippen LogP contribution in [-0.2, 0) is 17.1 Å². The molecular weight excluding hydrogens is 230 g/mol. The summed E-state index contributed by atoms with van der Waals surface area (Å²) in [4.78, 5) is 10.7. The lowest BCUT2D eigenvalue weighted by Gasteiger charge is -2.09. The minimum absolute atomic E-state index is 0.107. The van der Waals surface area contributed by atoms with E-state index in [0.717, 1.165) is 0 Å². The predicted octanol–water partition coefficient (Wildman–Crippen LogP) is 1.93. The van der Waals surface area contributed by atoms with Crippen molar-refractivity contribution in [3.05, 3.63) is 28.8 Å². The molecule has 0 aliphatic rings. The first-order chi connectivity index (χ1) is 7.62. The van der Waals surface area contributed by atoms with Gasteiger partial charge in [-0.15, -0.1) is 11.6 Å². The molecular formula is C11H10ClNO3. The number of ether oxygens (including phenoxy) is 1. The summed E-state index contributed by atoms with van der Waals surface area (Å²) in [5.74, 6) is -0.402. The van der Waals surface area contributed by atoms with Gasteiger partial charge in [0.05, 0.1) is 25.2 Å². The Morgan fingerprint density at radius 2 is 2.31 bits per heavy atom. The number of carbonyl (C=O) groups is 1. The van der Waals surface area contributed by atoms with Crippen LogP contribution in [0, 0.1) is 11.3 Å². The molecule has 0 unspecified atom stereocenters. The number of carboxylic acids is 1. The second-order valence-corrected chi connectivity index (χ2v) is 3.40. The molecule has 0 heterocycles. The van der Waals surface area contributed by atoms with E-state index in [1.54, 1.807) is 12.1 Å². The molecule has 0 fully saturated rings. The van der Waals surface area contributed by atoms with Gasteiger partial charge in [-0.3, -0.25) is 4.79 Å². The van der Waals surface area contributed by atoms with Gasteiger partial charge in [0.2, 0.25) is 0 Å². The Kier molecular flexibility index (Phi) is 4.15. The Morgan fingerprint density at radius 3 is 2.75 bits per heavy atom. The van der Waals surface area contributed by atoms with Gasteiger partial charge in [0.25, 0.3) is 0 Å². The van der Waals surface area contributed by atoms with Crippen molar-refractivity contribution in [2.75, 3.05) is 7.11 Å². The molecule has 16 heavy (non-hydrogen) atoms. The zero-order valence-electron chi connectivity index (χ0n) is 8.66. The van der Waals surface area contributed by atoms with Crippen LogP contribution >= 0.6 is 11.6 Å². The van der Waals surface area contributed by atoms with Crippen molar-refractivity contribution in [3.63, 3.8) is 0 Å². The third-order valence-corrected chi connectivity index (χ3v) is 2.41. The average Bonchev–Trinajstić information content (AvgIpc) is 2.27. The molecule has 1 N–H and O–H groups in total. The molecule has 0 radical (unpaired) electrons. The van der Waals surface area contributed by atoms with Gasteiger partial charge in [-0.2, -0.15) is 5.26 Å². The summed E-state index contributed by atoms with van der Waals surface area (Å²) < 4.78 is 4.99. The smallest absolute Gasteiger partial charge is 0.307 e. The Bertz CT molecular complexity index is 451. The molecule has 0 aliphatic heterocycles. The fourth-order valence-corrected chi connectivity index (χ4v) is 1.71. The van der Waals surface area contributed by atoms with Crippen molar-refractivity contribution < 1.29 is 14.6 Å². The van der Waals surface area contributed by atoms with E-state index in [1.807, 2.05) is 6.07 Å². The van der Waals surface area contributed by atoms with Crippen LogP contribution in [-0.4, -0.2) is 18.2 Å². The largest absolute Gasteiger partial charge is 0.497 e. The maximum atomic E-state index is 10.7. The molecule has 0 saturated heterocycles. The van der Waals surface area contributed by atoms with Gasteiger partial charge in [-0.25, -0.2) is 0 Å². The number of rotatable bonds is 4. The summed E-state index contributed by atoms with van der Waals surface area (Å²) in [6.07, 6.45) is -0.173. The van der Waals surface area contributed by atoms with Gasteiger partial charge in [0.1, 0.15) is 5.75 Å². The molecule has 0 aromatic heterocycles. The summed E-state index contributed by atoms with van der Waals surface area (Å²) in [5.41, 5.74) is 1.41. The first-order valence-corrected chi connectivity index (χ1v) is 5.03. The molecule has 0 saturated carbocycles. The molecule has 4 nitrogen and oxygen atoms in total. The van der Waals surface area contributed by atoms with E-state index >= 15 is 0 Å². The highest BCUT2D eigenvalue weighted by molar-refractivity contribution is 6.17. The molecule has 84 valence electrons. The average molecular weight is 240 g/mol. The number of alkyl halides is 1. The predicted molar refractivity (Wildman–Crippen MR) is 58.6 cm³/mol. The minimum Gasteiger partial charge on any atom is -0.497 e. The first-order valence-electron chi connectivity index (χ1n) is 4.50. The molecule has 0 aliphatic carbocycles. The highest BCUT2D eigenvalue weighted by atomic mass is 35.5. The van der Waals surface area contributed by atoms with Crippen LogP contribution in [0.2, 0.25) is 0 Å². The quantitative estimate of drug-likeness (QED) is 0.815. The maximum Gasteiger partial charge on any atom is 0.307 e. The Morgan fingerprint density at radius 1 is 1.62 bits per heavy atom. The lowest BCUT2D eigenvalue weighted by atomic mass is 10.00. The topological polar surface area (TPSA) is 70.3 Å². The van der Waals surface area contributed by atoms with Crippen LogP contribution in [0.25, 0.3) is 0 Å². The van der Waals surface area contributed by atoms with Crippen molar-refractivity contribution in [2.24, 2.45) is 0 Å². The Hall–Kier alpha value is -1.73. The van der Waals surface area contributed by atoms with Crippen molar-refractivity contribution >= 4 is 17.6 Å². The summed E-state index contributed by atoms with van der Waals surface area (Å²) >= 11 is 5.71. The van der Waals surface area contributed by atoms with E-state index in [1.165, 1.54) is 7.11 Å². The molecule has 1 aromatic carbocycles. The monoisotopic (exact) mass is 239 g/mol. The lowest BCUT2D eigenvalue weighted by Crippen LogP contribution is -2.05. The molecule has 0 bridgehead atoms. The van der Waals surface area contributed by atoms with Crippen LogP contribution in [0.4, 0.5) is 0 Å². The van der Waals surface area contributed by atoms with Crippen LogP contribution in [0.3, 0.4) is 0 Å². The molecule has 1 rings (SSSR count). The number of hydrogen-bond donors (Lipinski definition) is 1. The van der Waals surface area contributed by atoms with E-state index in [4.69, 9.17) is 26.7 Å². The van der Waals surface area contributed by atoms with Crippen LogP contribution in [0.15, 0.2) is 12.1 Å². The summed E-state index contributed by atoms with van der Waals surface area (Å²) in [5, 5.41) is 17.7. The van der Waals surface area contributed by atoms with Crippen molar-refractivity contribution in [2.45, 2.75) is 12.3 Å². The number of carboxylic acid groups (broad SMARTS) is 1. The fourth-order valence-electron chi connectivity index (χ4n) is 1.40. The van der Waals surface area contributed by atoms with Gasteiger partial charge in [-0.05, 0) is 23.3 Å². The highest BCUT2D eigenvalue weighted by Gasteiger charge is 2.13. The third-order valence-electron chi connectivity index (χ3n) is 2.15. The molecule has 0 spiro atoms. The molecule has 0 amide bonds. The number of methoxy groups -OCH3 is 1. The van der Waals surface area contributed by atoms with Crippen LogP contribution < -0.4 is 4.74 Å². The third kappa shape index (κ3) is 2.65. The van der Waals surface area contributed by atoms with Gasteiger partial charge in [0.15, 0.2) is 0 Å². The van der Waals surface area contributed by atoms with Gasteiger partial charge >= 0.3 is 5.97 Å². The van der Waals surface area contributed by atoms with E-state index in [-0.39, 0.29) is 12.3 Å². The van der Waals surface area contributed by atoms with Crippen LogP contribution in [0.5, 0.6) is 5.75 Å². The van der Waals surface area contributed by atoms with Crippen molar-refractivity contribution in [1.29, 1.82) is 5.26 Å². The standard InChI is InChI=1S/C11H10ClNO3/c1-16-9-2-7(4-11(14)15)10(5-12)8(3-9)6-13/h2-3H,4-5H2,1H3,(H,14,15). The number of nitrogens with zero attached hydrogens (tertiary/aromatic N) is 1. The molecule has 0 atom stereocenters. The van der Waals surface area contributed by atoms with E-state index in [0.29, 0.717) is 22.4 Å². The normalized spacial score (nSPS) is 9.56. The lowest BCUT2D eigenvalue weighted by molar-refractivity contribution is -0.136. The van der Waals surface area contributed by atoms with Gasteiger partial charge < -0.3 is 9.84 Å². The molecule has 5 heteroatoms. The van der Waals surface area contributed by atoms with Crippen LogP contribution in [0.1, 0.15) is 16.7 Å². The van der Waals surface area contributed by atoms with Crippen molar-refractivity contribution in [1.82, 2.24) is 0 Å².